The quantitative estimate of drug-likeness (QED) is 0.664. The van der Waals surface area contributed by atoms with Crippen molar-refractivity contribution >= 4 is 5.78 Å². The summed E-state index contributed by atoms with van der Waals surface area (Å²) < 4.78 is 11.5. The molecule has 15 heavy (non-hydrogen) atoms. The summed E-state index contributed by atoms with van der Waals surface area (Å²) in [5.74, 6) is -0.351. The number of hydrogen-bond acceptors (Lipinski definition) is 3. The van der Waals surface area contributed by atoms with Gasteiger partial charge in [-0.05, 0) is 30.9 Å². The van der Waals surface area contributed by atoms with Crippen LogP contribution in [-0.2, 0) is 14.3 Å². The summed E-state index contributed by atoms with van der Waals surface area (Å²) in [6, 6.07) is 0. The number of rotatable bonds is 1. The fourth-order valence-corrected chi connectivity index (χ4v) is 2.10. The predicted octanol–water partition coefficient (Wildman–Crippen LogP) is 2.06. The molecule has 2 aliphatic heterocycles. The maximum absolute atomic E-state index is 11.6. The smallest absolute Gasteiger partial charge is 0.189 e. The minimum Gasteiger partial charge on any atom is -0.346 e. The first-order chi connectivity index (χ1) is 7.13. The van der Waals surface area contributed by atoms with Gasteiger partial charge in [0.2, 0.25) is 0 Å². The zero-order chi connectivity index (χ0) is 10.9. The third-order valence-corrected chi connectivity index (χ3v) is 2.98. The average Bonchev–Trinajstić information content (AvgIpc) is 2.23. The van der Waals surface area contributed by atoms with Crippen molar-refractivity contribution in [2.45, 2.75) is 45.0 Å². The molecule has 0 amide bonds. The molecule has 1 fully saturated rings. The Labute approximate surface area is 90.4 Å². The third-order valence-electron chi connectivity index (χ3n) is 2.98. The van der Waals surface area contributed by atoms with Gasteiger partial charge in [0.05, 0.1) is 6.61 Å². The Hall–Kier alpha value is -0.670. The highest BCUT2D eigenvalue weighted by Gasteiger charge is 2.40. The molecule has 1 saturated heterocycles. The molecule has 2 atom stereocenters. The minimum atomic E-state index is -0.610. The number of ether oxygens (including phenoxy) is 2. The molecule has 0 saturated carbocycles. The van der Waals surface area contributed by atoms with Gasteiger partial charge in [-0.25, -0.2) is 0 Å². The molecule has 0 N–H and O–H groups in total. The van der Waals surface area contributed by atoms with Gasteiger partial charge in [0.25, 0.3) is 0 Å². The van der Waals surface area contributed by atoms with Crippen LogP contribution in [-0.4, -0.2) is 24.3 Å². The van der Waals surface area contributed by atoms with Crippen molar-refractivity contribution in [2.24, 2.45) is 5.92 Å². The van der Waals surface area contributed by atoms with Crippen LogP contribution in [0.15, 0.2) is 12.2 Å². The van der Waals surface area contributed by atoms with Crippen molar-refractivity contribution in [1.82, 2.24) is 0 Å². The molecule has 0 aromatic heterocycles. The van der Waals surface area contributed by atoms with Crippen LogP contribution in [0.25, 0.3) is 0 Å². The summed E-state index contributed by atoms with van der Waals surface area (Å²) in [5.41, 5.74) is 0. The second-order valence-electron chi connectivity index (χ2n) is 4.64. The summed E-state index contributed by atoms with van der Waals surface area (Å²) in [4.78, 5) is 11.6. The van der Waals surface area contributed by atoms with Gasteiger partial charge in [0, 0.05) is 6.42 Å². The maximum atomic E-state index is 11.6. The summed E-state index contributed by atoms with van der Waals surface area (Å²) in [6.07, 6.45) is 6.11. The highest BCUT2D eigenvalue weighted by atomic mass is 16.7. The van der Waals surface area contributed by atoms with E-state index in [0.717, 1.165) is 25.9 Å². The van der Waals surface area contributed by atoms with E-state index in [9.17, 15) is 4.79 Å². The van der Waals surface area contributed by atoms with Crippen molar-refractivity contribution in [1.29, 1.82) is 0 Å². The summed E-state index contributed by atoms with van der Waals surface area (Å²) in [7, 11) is 0. The van der Waals surface area contributed by atoms with Crippen molar-refractivity contribution in [3.8, 4) is 0 Å². The van der Waals surface area contributed by atoms with Gasteiger partial charge in [-0.2, -0.15) is 0 Å². The van der Waals surface area contributed by atoms with Crippen LogP contribution in [0.1, 0.15) is 33.1 Å². The lowest BCUT2D eigenvalue weighted by atomic mass is 9.95. The van der Waals surface area contributed by atoms with Gasteiger partial charge in [0.15, 0.2) is 11.6 Å². The highest BCUT2D eigenvalue weighted by molar-refractivity contribution is 5.94. The zero-order valence-corrected chi connectivity index (χ0v) is 9.36. The minimum absolute atomic E-state index is 0.0600. The number of ketones is 1. The van der Waals surface area contributed by atoms with Crippen LogP contribution in [0.5, 0.6) is 0 Å². The Morgan fingerprint density at radius 3 is 2.87 bits per heavy atom. The predicted molar refractivity (Wildman–Crippen MR) is 56.4 cm³/mol. The van der Waals surface area contributed by atoms with Gasteiger partial charge >= 0.3 is 0 Å². The Morgan fingerprint density at radius 2 is 2.27 bits per heavy atom. The molecule has 0 bridgehead atoms. The number of carbonyl (C=O) groups excluding carboxylic acids is 1. The monoisotopic (exact) mass is 210 g/mol. The van der Waals surface area contributed by atoms with E-state index in [2.05, 4.69) is 0 Å². The van der Waals surface area contributed by atoms with Crippen LogP contribution >= 0.6 is 0 Å². The molecule has 1 spiro atoms. The van der Waals surface area contributed by atoms with E-state index in [1.807, 2.05) is 13.8 Å². The van der Waals surface area contributed by atoms with Crippen LogP contribution in [0.2, 0.25) is 0 Å². The first kappa shape index (κ1) is 10.8. The molecule has 2 rings (SSSR count). The van der Waals surface area contributed by atoms with Gasteiger partial charge in [-0.15, -0.1) is 0 Å². The Bertz CT molecular complexity index is 275. The standard InChI is InChI=1S/C12H18O3/c1-9(2)11-10(13)5-7-12(15-11)6-3-4-8-14-12/h5,7,9,11H,3-4,6,8H2,1-2H3/t11-,12+/m1/s1. The molecule has 3 heteroatoms. The second-order valence-corrected chi connectivity index (χ2v) is 4.64. The number of carbonyl (C=O) groups is 1. The normalized spacial score (nSPS) is 36.5. The highest BCUT2D eigenvalue weighted by Crippen LogP contribution is 2.33. The van der Waals surface area contributed by atoms with E-state index in [1.54, 1.807) is 12.2 Å². The zero-order valence-electron chi connectivity index (χ0n) is 9.36. The van der Waals surface area contributed by atoms with Crippen molar-refractivity contribution in [3.63, 3.8) is 0 Å². The molecule has 3 nitrogen and oxygen atoms in total. The third kappa shape index (κ3) is 2.13. The molecule has 0 unspecified atom stereocenters. The average molecular weight is 210 g/mol. The molecule has 2 aliphatic rings. The lowest BCUT2D eigenvalue weighted by Gasteiger charge is -2.40. The van der Waals surface area contributed by atoms with Crippen LogP contribution in [0.4, 0.5) is 0 Å². The van der Waals surface area contributed by atoms with Crippen molar-refractivity contribution in [2.75, 3.05) is 6.61 Å². The van der Waals surface area contributed by atoms with Gasteiger partial charge in [-0.1, -0.05) is 13.8 Å². The Morgan fingerprint density at radius 1 is 1.47 bits per heavy atom. The molecular weight excluding hydrogens is 192 g/mol. The Balaban J connectivity index is 2.15. The van der Waals surface area contributed by atoms with E-state index >= 15 is 0 Å². The molecule has 0 aromatic rings. The topological polar surface area (TPSA) is 35.5 Å². The largest absolute Gasteiger partial charge is 0.346 e. The SMILES string of the molecule is CC(C)[C@H]1O[C@]2(C=CC1=O)CCCCO2. The van der Waals surface area contributed by atoms with Gasteiger partial charge < -0.3 is 9.47 Å². The van der Waals surface area contributed by atoms with Gasteiger partial charge in [0.1, 0.15) is 6.10 Å². The fourth-order valence-electron chi connectivity index (χ4n) is 2.10. The van der Waals surface area contributed by atoms with Crippen molar-refractivity contribution < 1.29 is 14.3 Å². The lowest BCUT2D eigenvalue weighted by Crippen LogP contribution is -2.47. The summed E-state index contributed by atoms with van der Waals surface area (Å²) in [5, 5.41) is 0. The van der Waals surface area contributed by atoms with Gasteiger partial charge in [-0.3, -0.25) is 4.79 Å². The molecule has 2 heterocycles. The lowest BCUT2D eigenvalue weighted by molar-refractivity contribution is -0.251. The molecule has 0 aliphatic carbocycles. The molecule has 0 radical (unpaired) electrons. The van der Waals surface area contributed by atoms with Crippen LogP contribution in [0.3, 0.4) is 0 Å². The molecule has 0 aromatic carbocycles. The second kappa shape index (κ2) is 4.06. The van der Waals surface area contributed by atoms with E-state index in [-0.39, 0.29) is 17.8 Å². The summed E-state index contributed by atoms with van der Waals surface area (Å²) >= 11 is 0. The van der Waals surface area contributed by atoms with E-state index in [1.165, 1.54) is 0 Å². The summed E-state index contributed by atoms with van der Waals surface area (Å²) in [6.45, 7) is 4.72. The van der Waals surface area contributed by atoms with E-state index < -0.39 is 5.79 Å². The van der Waals surface area contributed by atoms with E-state index in [0.29, 0.717) is 0 Å². The first-order valence-electron chi connectivity index (χ1n) is 5.68. The van der Waals surface area contributed by atoms with Crippen LogP contribution in [0, 0.1) is 5.92 Å². The van der Waals surface area contributed by atoms with Crippen LogP contribution < -0.4 is 0 Å². The maximum Gasteiger partial charge on any atom is 0.189 e. The van der Waals surface area contributed by atoms with E-state index in [4.69, 9.17) is 9.47 Å². The Kier molecular flexibility index (Phi) is 2.94. The molecule has 84 valence electrons. The van der Waals surface area contributed by atoms with Crippen molar-refractivity contribution in [3.05, 3.63) is 12.2 Å². The first-order valence-corrected chi connectivity index (χ1v) is 5.68. The fraction of sp³-hybridized carbons (Fsp3) is 0.750. The number of hydrogen-bond donors (Lipinski definition) is 0. The molecular formula is C12H18O3.